The molecule has 1 aromatic rings. The average Bonchev–Trinajstić information content (AvgIpc) is 2.79. The van der Waals surface area contributed by atoms with Crippen LogP contribution in [0.2, 0.25) is 0 Å². The van der Waals surface area contributed by atoms with Gasteiger partial charge < -0.3 is 34.1 Å². The molecule has 0 radical (unpaired) electrons. The molecule has 11 heteroatoms. The Bertz CT molecular complexity index is 635. The summed E-state index contributed by atoms with van der Waals surface area (Å²) in [6.07, 6.45) is 0.371. The van der Waals surface area contributed by atoms with Crippen LogP contribution in [0, 0.1) is 0 Å². The summed E-state index contributed by atoms with van der Waals surface area (Å²) in [5.41, 5.74) is 0.545. The maximum absolute atomic E-state index is 11.0. The lowest BCUT2D eigenvalue weighted by molar-refractivity contribution is 0.0125. The van der Waals surface area contributed by atoms with Crippen molar-refractivity contribution in [1.82, 2.24) is 10.6 Å². The number of ether oxygens (including phenoxy) is 3. The van der Waals surface area contributed by atoms with Gasteiger partial charge in [-0.2, -0.15) is 0 Å². The first-order valence-electron chi connectivity index (χ1n) is 11.2. The number of methoxy groups -OCH3 is 1. The largest absolute Gasteiger partial charge is 0.392 e. The van der Waals surface area contributed by atoms with E-state index in [1.165, 1.54) is 12.1 Å². The summed E-state index contributed by atoms with van der Waals surface area (Å²) in [5, 5.41) is 36.4. The zero-order valence-corrected chi connectivity index (χ0v) is 20.3. The molecule has 0 amide bonds. The molecule has 5 atom stereocenters. The third-order valence-electron chi connectivity index (χ3n) is 5.01. The topological polar surface area (TPSA) is 150 Å². The third-order valence-corrected chi connectivity index (χ3v) is 5.69. The van der Waals surface area contributed by atoms with Crippen molar-refractivity contribution in [3.63, 3.8) is 0 Å². The van der Waals surface area contributed by atoms with Crippen molar-refractivity contribution >= 4 is 11.1 Å². The Balaban J connectivity index is 2.18. The maximum Gasteiger partial charge on any atom is 0.186 e. The molecule has 192 valence electrons. The second-order valence-electron chi connectivity index (χ2n) is 7.71. The van der Waals surface area contributed by atoms with Gasteiger partial charge in [0.2, 0.25) is 0 Å². The van der Waals surface area contributed by atoms with E-state index in [1.54, 1.807) is 26.2 Å². The zero-order chi connectivity index (χ0) is 24.5. The Morgan fingerprint density at radius 2 is 1.58 bits per heavy atom. The van der Waals surface area contributed by atoms with Gasteiger partial charge in [-0.3, -0.25) is 10.6 Å². The van der Waals surface area contributed by atoms with Crippen molar-refractivity contribution in [2.45, 2.75) is 62.1 Å². The Morgan fingerprint density at radius 1 is 0.939 bits per heavy atom. The fraction of sp³-hybridized carbons (Fsp3) is 0.727. The number of hydrogen-bond donors (Lipinski definition) is 6. The number of rotatable bonds is 20. The second-order valence-corrected chi connectivity index (χ2v) is 8.68. The van der Waals surface area contributed by atoms with Gasteiger partial charge in [-0.25, -0.2) is 4.21 Å². The van der Waals surface area contributed by atoms with Gasteiger partial charge in [0, 0.05) is 19.6 Å². The van der Waals surface area contributed by atoms with Gasteiger partial charge in [-0.05, 0) is 44.0 Å². The lowest BCUT2D eigenvalue weighted by atomic mass is 10.0. The van der Waals surface area contributed by atoms with Crippen molar-refractivity contribution in [2.75, 3.05) is 46.7 Å². The van der Waals surface area contributed by atoms with E-state index >= 15 is 0 Å². The van der Waals surface area contributed by atoms with Gasteiger partial charge in [0.05, 0.1) is 44.0 Å². The Morgan fingerprint density at radius 3 is 2.18 bits per heavy atom. The normalized spacial score (nSPS) is 16.3. The molecule has 0 bridgehead atoms. The number of unbranched alkanes of at least 4 members (excludes halogenated alkanes) is 1. The highest BCUT2D eigenvalue weighted by atomic mass is 32.2. The van der Waals surface area contributed by atoms with Gasteiger partial charge in [-0.1, -0.05) is 18.6 Å². The fourth-order valence-corrected chi connectivity index (χ4v) is 3.42. The van der Waals surface area contributed by atoms with Crippen LogP contribution in [-0.4, -0.2) is 89.1 Å². The molecule has 0 fully saturated rings. The van der Waals surface area contributed by atoms with Crippen LogP contribution in [0.5, 0.6) is 0 Å². The van der Waals surface area contributed by atoms with Crippen LogP contribution in [0.25, 0.3) is 0 Å². The molecule has 1 aromatic carbocycles. The Labute approximate surface area is 198 Å². The summed E-state index contributed by atoms with van der Waals surface area (Å²) in [6, 6.07) is 5.78. The smallest absolute Gasteiger partial charge is 0.186 e. The van der Waals surface area contributed by atoms with Crippen molar-refractivity contribution in [3.8, 4) is 0 Å². The summed E-state index contributed by atoms with van der Waals surface area (Å²) in [4.78, 5) is 0.256. The molecule has 0 saturated carbocycles. The molecule has 6 N–H and O–H groups in total. The van der Waals surface area contributed by atoms with Crippen LogP contribution in [0.3, 0.4) is 0 Å². The summed E-state index contributed by atoms with van der Waals surface area (Å²) in [7, 11) is 1.62. The number of aliphatic hydroxyl groups excluding tert-OH is 3. The predicted octanol–water partition coefficient (Wildman–Crippen LogP) is 0.745. The summed E-state index contributed by atoms with van der Waals surface area (Å²) < 4.78 is 35.7. The second kappa shape index (κ2) is 18.4. The highest BCUT2D eigenvalue weighted by Crippen LogP contribution is 2.16. The van der Waals surface area contributed by atoms with Crippen LogP contribution < -0.4 is 10.6 Å². The van der Waals surface area contributed by atoms with Gasteiger partial charge >= 0.3 is 0 Å². The van der Waals surface area contributed by atoms with E-state index in [4.69, 9.17) is 18.8 Å². The quantitative estimate of drug-likeness (QED) is 0.0874. The van der Waals surface area contributed by atoms with E-state index in [0.29, 0.717) is 58.0 Å². The van der Waals surface area contributed by atoms with Gasteiger partial charge in [-0.15, -0.1) is 0 Å². The number of hydrogen-bond acceptors (Lipinski definition) is 9. The first-order chi connectivity index (χ1) is 15.8. The summed E-state index contributed by atoms with van der Waals surface area (Å²) >= 11 is -2.07. The minimum absolute atomic E-state index is 0.256. The van der Waals surface area contributed by atoms with Crippen molar-refractivity contribution < 1.29 is 38.3 Å². The highest BCUT2D eigenvalue weighted by Gasteiger charge is 2.19. The number of nitrogens with one attached hydrogen (secondary N) is 2. The number of benzene rings is 1. The van der Waals surface area contributed by atoms with E-state index in [-0.39, 0.29) is 10.9 Å². The summed E-state index contributed by atoms with van der Waals surface area (Å²) in [6.45, 7) is 4.78. The monoisotopic (exact) mass is 492 g/mol. The van der Waals surface area contributed by atoms with Gasteiger partial charge in [0.15, 0.2) is 11.1 Å². The predicted molar refractivity (Wildman–Crippen MR) is 125 cm³/mol. The molecule has 0 spiro atoms. The molecule has 0 aliphatic rings. The Kier molecular flexibility index (Phi) is 16.7. The molecule has 10 nitrogen and oxygen atoms in total. The SMILES string of the molecule is COCCOCCOCCC(O)NCCCCC(NC(O)c1ccc(S(=O)O)cc1)C(C)O. The standard InChI is InChI=1S/C22H40N2O8S/c1-17(25)20(24-22(27)18-6-8-19(9-7-18)33(28)29)5-3-4-11-23-21(26)10-12-31-15-16-32-14-13-30-2/h6-9,17,20-27H,3-5,10-16H2,1-2H3,(H,28,29). The lowest BCUT2D eigenvalue weighted by Gasteiger charge is -2.25. The van der Waals surface area contributed by atoms with Crippen LogP contribution in [0.4, 0.5) is 0 Å². The zero-order valence-electron chi connectivity index (χ0n) is 19.5. The van der Waals surface area contributed by atoms with Crippen molar-refractivity contribution in [2.24, 2.45) is 0 Å². The van der Waals surface area contributed by atoms with Crippen molar-refractivity contribution in [1.29, 1.82) is 0 Å². The highest BCUT2D eigenvalue weighted by molar-refractivity contribution is 7.79. The van der Waals surface area contributed by atoms with Crippen LogP contribution in [-0.2, 0) is 25.3 Å². The minimum Gasteiger partial charge on any atom is -0.392 e. The van der Waals surface area contributed by atoms with Gasteiger partial charge in [0.1, 0.15) is 12.5 Å². The molecule has 0 aromatic heterocycles. The maximum atomic E-state index is 11.0. The lowest BCUT2D eigenvalue weighted by Crippen LogP contribution is -2.40. The third kappa shape index (κ3) is 14.1. The van der Waals surface area contributed by atoms with Crippen LogP contribution in [0.15, 0.2) is 29.2 Å². The van der Waals surface area contributed by atoms with Crippen LogP contribution >= 0.6 is 0 Å². The van der Waals surface area contributed by atoms with Crippen molar-refractivity contribution in [3.05, 3.63) is 29.8 Å². The molecular weight excluding hydrogens is 452 g/mol. The molecule has 1 rings (SSSR count). The Hall–Kier alpha value is -0.990. The molecule has 0 saturated heterocycles. The number of aliphatic hydroxyl groups is 3. The molecule has 0 aliphatic heterocycles. The first-order valence-corrected chi connectivity index (χ1v) is 12.3. The van der Waals surface area contributed by atoms with Gasteiger partial charge in [0.25, 0.3) is 0 Å². The average molecular weight is 493 g/mol. The molecular formula is C22H40N2O8S. The fourth-order valence-electron chi connectivity index (χ4n) is 3.05. The van der Waals surface area contributed by atoms with E-state index in [1.807, 2.05) is 0 Å². The molecule has 0 heterocycles. The molecule has 5 unspecified atom stereocenters. The van der Waals surface area contributed by atoms with E-state index in [2.05, 4.69) is 10.6 Å². The first kappa shape index (κ1) is 30.0. The van der Waals surface area contributed by atoms with E-state index < -0.39 is 29.6 Å². The molecule has 33 heavy (non-hydrogen) atoms. The van der Waals surface area contributed by atoms with E-state index in [0.717, 1.165) is 12.8 Å². The van der Waals surface area contributed by atoms with E-state index in [9.17, 15) is 19.5 Å². The summed E-state index contributed by atoms with van der Waals surface area (Å²) in [5.74, 6) is 0. The van der Waals surface area contributed by atoms with Crippen LogP contribution in [0.1, 0.15) is 44.4 Å². The minimum atomic E-state index is -2.07. The molecule has 0 aliphatic carbocycles.